The van der Waals surface area contributed by atoms with Crippen LogP contribution in [0.4, 0.5) is 10.5 Å². The molecule has 0 spiro atoms. The molecule has 1 aliphatic heterocycles. The van der Waals surface area contributed by atoms with Crippen molar-refractivity contribution in [3.05, 3.63) is 28.2 Å². The first-order chi connectivity index (χ1) is 11.4. The van der Waals surface area contributed by atoms with Gasteiger partial charge in [-0.15, -0.1) is 0 Å². The SMILES string of the molecule is CC(C)[C@H](NC(=O)Nc1ccc(Cl)c(Cl)c1)C(=O)N1CCOCC1. The molecule has 1 aliphatic rings. The largest absolute Gasteiger partial charge is 0.378 e. The Morgan fingerprint density at radius 3 is 2.42 bits per heavy atom. The van der Waals surface area contributed by atoms with E-state index in [1.807, 2.05) is 13.8 Å². The van der Waals surface area contributed by atoms with Crippen molar-refractivity contribution in [3.8, 4) is 0 Å². The van der Waals surface area contributed by atoms with Crippen LogP contribution < -0.4 is 10.6 Å². The summed E-state index contributed by atoms with van der Waals surface area (Å²) < 4.78 is 5.25. The molecular weight excluding hydrogens is 353 g/mol. The number of carbonyl (C=O) groups is 2. The minimum absolute atomic E-state index is 0.0418. The Morgan fingerprint density at radius 1 is 1.17 bits per heavy atom. The average Bonchev–Trinajstić information content (AvgIpc) is 2.56. The smallest absolute Gasteiger partial charge is 0.319 e. The van der Waals surface area contributed by atoms with Gasteiger partial charge in [-0.1, -0.05) is 37.0 Å². The highest BCUT2D eigenvalue weighted by molar-refractivity contribution is 6.42. The molecule has 0 saturated carbocycles. The lowest BCUT2D eigenvalue weighted by Crippen LogP contribution is -2.54. The van der Waals surface area contributed by atoms with E-state index in [2.05, 4.69) is 10.6 Å². The Labute approximate surface area is 151 Å². The Bertz CT molecular complexity index is 604. The quantitative estimate of drug-likeness (QED) is 0.851. The van der Waals surface area contributed by atoms with E-state index < -0.39 is 12.1 Å². The van der Waals surface area contributed by atoms with Gasteiger partial charge < -0.3 is 20.3 Å². The normalized spacial score (nSPS) is 16.0. The highest BCUT2D eigenvalue weighted by atomic mass is 35.5. The minimum Gasteiger partial charge on any atom is -0.378 e. The molecule has 2 rings (SSSR count). The van der Waals surface area contributed by atoms with Gasteiger partial charge in [0, 0.05) is 18.8 Å². The average molecular weight is 374 g/mol. The van der Waals surface area contributed by atoms with Gasteiger partial charge in [-0.05, 0) is 24.1 Å². The predicted octanol–water partition coefficient (Wildman–Crippen LogP) is 3.00. The van der Waals surface area contributed by atoms with E-state index >= 15 is 0 Å². The van der Waals surface area contributed by atoms with Gasteiger partial charge in [0.1, 0.15) is 6.04 Å². The second kappa shape index (κ2) is 8.55. The molecule has 0 bridgehead atoms. The molecule has 1 heterocycles. The van der Waals surface area contributed by atoms with Crippen molar-refractivity contribution in [2.45, 2.75) is 19.9 Å². The molecule has 132 valence electrons. The second-order valence-electron chi connectivity index (χ2n) is 5.89. The van der Waals surface area contributed by atoms with Crippen molar-refractivity contribution in [2.24, 2.45) is 5.92 Å². The van der Waals surface area contributed by atoms with Crippen molar-refractivity contribution >= 4 is 40.8 Å². The zero-order valence-electron chi connectivity index (χ0n) is 13.6. The molecule has 1 saturated heterocycles. The van der Waals surface area contributed by atoms with Crippen LogP contribution in [0.3, 0.4) is 0 Å². The van der Waals surface area contributed by atoms with Crippen LogP contribution in [0.5, 0.6) is 0 Å². The van der Waals surface area contributed by atoms with E-state index in [9.17, 15) is 9.59 Å². The van der Waals surface area contributed by atoms with Gasteiger partial charge in [0.2, 0.25) is 5.91 Å². The lowest BCUT2D eigenvalue weighted by atomic mass is 10.0. The highest BCUT2D eigenvalue weighted by Crippen LogP contribution is 2.25. The van der Waals surface area contributed by atoms with Gasteiger partial charge in [0.25, 0.3) is 0 Å². The number of carbonyl (C=O) groups excluding carboxylic acids is 2. The Kier molecular flexibility index (Phi) is 6.71. The molecule has 0 aromatic heterocycles. The zero-order valence-corrected chi connectivity index (χ0v) is 15.2. The summed E-state index contributed by atoms with van der Waals surface area (Å²) >= 11 is 11.8. The van der Waals surface area contributed by atoms with E-state index in [0.717, 1.165) is 0 Å². The maximum Gasteiger partial charge on any atom is 0.319 e. The number of hydrogen-bond donors (Lipinski definition) is 2. The fourth-order valence-electron chi connectivity index (χ4n) is 2.38. The fourth-order valence-corrected chi connectivity index (χ4v) is 2.67. The summed E-state index contributed by atoms with van der Waals surface area (Å²) in [7, 11) is 0. The molecule has 0 radical (unpaired) electrons. The number of rotatable bonds is 4. The number of morpholine rings is 1. The molecule has 8 heteroatoms. The molecule has 2 N–H and O–H groups in total. The van der Waals surface area contributed by atoms with Crippen LogP contribution in [0.15, 0.2) is 18.2 Å². The van der Waals surface area contributed by atoms with Crippen LogP contribution in [0.2, 0.25) is 10.0 Å². The molecule has 3 amide bonds. The summed E-state index contributed by atoms with van der Waals surface area (Å²) in [5, 5.41) is 6.16. The Morgan fingerprint density at radius 2 is 1.83 bits per heavy atom. The summed E-state index contributed by atoms with van der Waals surface area (Å²) in [5.41, 5.74) is 0.503. The van der Waals surface area contributed by atoms with Crippen molar-refractivity contribution in [2.75, 3.05) is 31.6 Å². The molecule has 0 unspecified atom stereocenters. The van der Waals surface area contributed by atoms with Crippen LogP contribution in [0, 0.1) is 5.92 Å². The summed E-state index contributed by atoms with van der Waals surface area (Å²) in [6.07, 6.45) is 0. The molecule has 24 heavy (non-hydrogen) atoms. The number of halogens is 2. The second-order valence-corrected chi connectivity index (χ2v) is 6.70. The van der Waals surface area contributed by atoms with E-state index in [1.165, 1.54) is 0 Å². The van der Waals surface area contributed by atoms with E-state index in [1.54, 1.807) is 23.1 Å². The van der Waals surface area contributed by atoms with Crippen LogP contribution in [0.1, 0.15) is 13.8 Å². The number of nitrogens with zero attached hydrogens (tertiary/aromatic N) is 1. The summed E-state index contributed by atoms with van der Waals surface area (Å²) in [6.45, 7) is 5.90. The third-order valence-corrected chi connectivity index (χ3v) is 4.46. The number of nitrogens with one attached hydrogen (secondary N) is 2. The molecule has 1 aromatic carbocycles. The van der Waals surface area contributed by atoms with Gasteiger partial charge in [0.15, 0.2) is 0 Å². The number of benzene rings is 1. The first-order valence-electron chi connectivity index (χ1n) is 7.77. The van der Waals surface area contributed by atoms with Gasteiger partial charge >= 0.3 is 6.03 Å². The van der Waals surface area contributed by atoms with Crippen molar-refractivity contribution in [1.29, 1.82) is 0 Å². The van der Waals surface area contributed by atoms with Crippen LogP contribution in [-0.2, 0) is 9.53 Å². The molecule has 0 aliphatic carbocycles. The number of hydrogen-bond acceptors (Lipinski definition) is 3. The van der Waals surface area contributed by atoms with Crippen LogP contribution in [-0.4, -0.2) is 49.2 Å². The fraction of sp³-hybridized carbons (Fsp3) is 0.500. The first kappa shape index (κ1) is 18.8. The molecular formula is C16H21Cl2N3O3. The predicted molar refractivity (Wildman–Crippen MR) is 94.6 cm³/mol. The first-order valence-corrected chi connectivity index (χ1v) is 8.53. The van der Waals surface area contributed by atoms with Gasteiger partial charge in [0.05, 0.1) is 23.3 Å². The Hall–Kier alpha value is -1.50. The van der Waals surface area contributed by atoms with Crippen LogP contribution >= 0.6 is 23.2 Å². The molecule has 6 nitrogen and oxygen atoms in total. The number of urea groups is 1. The lowest BCUT2D eigenvalue weighted by Gasteiger charge is -2.32. The Balaban J connectivity index is 1.99. The van der Waals surface area contributed by atoms with E-state index in [4.69, 9.17) is 27.9 Å². The number of amides is 3. The third kappa shape index (κ3) is 5.00. The highest BCUT2D eigenvalue weighted by Gasteiger charge is 2.29. The van der Waals surface area contributed by atoms with E-state index in [-0.39, 0.29) is 11.8 Å². The third-order valence-electron chi connectivity index (χ3n) is 3.72. The molecule has 1 atom stereocenters. The monoisotopic (exact) mass is 373 g/mol. The van der Waals surface area contributed by atoms with Gasteiger partial charge in [-0.25, -0.2) is 4.79 Å². The summed E-state index contributed by atoms with van der Waals surface area (Å²) in [6, 6.07) is 3.72. The number of anilines is 1. The summed E-state index contributed by atoms with van der Waals surface area (Å²) in [5.74, 6) is -0.141. The standard InChI is InChI=1S/C16H21Cl2N3O3/c1-10(2)14(15(22)21-5-7-24-8-6-21)20-16(23)19-11-3-4-12(17)13(18)9-11/h3-4,9-10,14H,5-8H2,1-2H3,(H2,19,20,23)/t14-/m0/s1. The van der Waals surface area contributed by atoms with Crippen molar-refractivity contribution < 1.29 is 14.3 Å². The van der Waals surface area contributed by atoms with E-state index in [0.29, 0.717) is 42.0 Å². The van der Waals surface area contributed by atoms with Crippen molar-refractivity contribution in [1.82, 2.24) is 10.2 Å². The topological polar surface area (TPSA) is 70.7 Å². The van der Waals surface area contributed by atoms with Gasteiger partial charge in [-0.3, -0.25) is 4.79 Å². The molecule has 1 aromatic rings. The zero-order chi connectivity index (χ0) is 17.7. The maximum atomic E-state index is 12.6. The number of ether oxygens (including phenoxy) is 1. The summed E-state index contributed by atoms with van der Waals surface area (Å²) in [4.78, 5) is 26.5. The van der Waals surface area contributed by atoms with Crippen molar-refractivity contribution in [3.63, 3.8) is 0 Å². The maximum absolute atomic E-state index is 12.6. The van der Waals surface area contributed by atoms with Crippen LogP contribution in [0.25, 0.3) is 0 Å². The van der Waals surface area contributed by atoms with Gasteiger partial charge in [-0.2, -0.15) is 0 Å². The minimum atomic E-state index is -0.606. The molecule has 1 fully saturated rings. The lowest BCUT2D eigenvalue weighted by molar-refractivity contribution is -0.138.